The Morgan fingerprint density at radius 3 is 2.68 bits per heavy atom. The number of benzene rings is 1. The minimum Gasteiger partial charge on any atom is -0.347 e. The number of hydrogen-bond donors (Lipinski definition) is 2. The molecule has 0 radical (unpaired) electrons. The Morgan fingerprint density at radius 1 is 1.32 bits per heavy atom. The van der Waals surface area contributed by atoms with Crippen molar-refractivity contribution in [1.29, 1.82) is 0 Å². The van der Waals surface area contributed by atoms with E-state index < -0.39 is 0 Å². The van der Waals surface area contributed by atoms with Gasteiger partial charge in [-0.3, -0.25) is 4.79 Å². The Bertz CT molecular complexity index is 647. The first-order valence-electron chi connectivity index (χ1n) is 9.36. The van der Waals surface area contributed by atoms with Gasteiger partial charge in [0, 0.05) is 6.54 Å². The first kappa shape index (κ1) is 21.0. The third kappa shape index (κ3) is 3.86. The SMILES string of the molecule is CC(C)c1ccc2c(c1)CCC1C(C)(CNC(=O)S)CCCC21C.[Zn+2]. The summed E-state index contributed by atoms with van der Waals surface area (Å²) in [5, 5.41) is 2.77. The molecule has 1 amide bonds. The van der Waals surface area contributed by atoms with E-state index in [4.69, 9.17) is 0 Å². The van der Waals surface area contributed by atoms with E-state index in [1.165, 1.54) is 37.7 Å². The van der Waals surface area contributed by atoms with Crippen LogP contribution in [0.25, 0.3) is 0 Å². The van der Waals surface area contributed by atoms with Gasteiger partial charge >= 0.3 is 19.5 Å². The quantitative estimate of drug-likeness (QED) is 0.503. The van der Waals surface area contributed by atoms with E-state index in [1.807, 2.05) is 0 Å². The smallest absolute Gasteiger partial charge is 0.347 e. The van der Waals surface area contributed by atoms with Gasteiger partial charge in [0.05, 0.1) is 0 Å². The fraction of sp³-hybridized carbons (Fsp3) is 0.667. The first-order chi connectivity index (χ1) is 11.3. The number of nitrogens with one attached hydrogen (secondary N) is 1. The molecule has 0 aliphatic heterocycles. The van der Waals surface area contributed by atoms with Crippen molar-refractivity contribution in [3.63, 3.8) is 0 Å². The van der Waals surface area contributed by atoms with Crippen LogP contribution in [-0.4, -0.2) is 11.8 Å². The van der Waals surface area contributed by atoms with E-state index in [-0.39, 0.29) is 35.5 Å². The summed E-state index contributed by atoms with van der Waals surface area (Å²) in [6.07, 6.45) is 6.08. The summed E-state index contributed by atoms with van der Waals surface area (Å²) in [5.74, 6) is 1.21. The normalized spacial score (nSPS) is 30.9. The molecule has 1 fully saturated rings. The topological polar surface area (TPSA) is 29.1 Å². The van der Waals surface area contributed by atoms with E-state index in [2.05, 4.69) is 63.8 Å². The van der Waals surface area contributed by atoms with Crippen LogP contribution < -0.4 is 5.32 Å². The minimum absolute atomic E-state index is 0. The molecule has 0 spiro atoms. The molecule has 0 saturated heterocycles. The van der Waals surface area contributed by atoms with E-state index in [0.29, 0.717) is 11.8 Å². The maximum atomic E-state index is 11.3. The Hall–Kier alpha value is -0.337. The fourth-order valence-electron chi connectivity index (χ4n) is 5.49. The Labute approximate surface area is 171 Å². The van der Waals surface area contributed by atoms with Crippen molar-refractivity contribution >= 4 is 17.9 Å². The second-order valence-electron chi connectivity index (χ2n) is 8.75. The van der Waals surface area contributed by atoms with Crippen molar-refractivity contribution in [3.05, 3.63) is 34.9 Å². The molecule has 3 unspecified atom stereocenters. The van der Waals surface area contributed by atoms with Crippen LogP contribution in [-0.2, 0) is 31.3 Å². The van der Waals surface area contributed by atoms with E-state index in [1.54, 1.807) is 11.1 Å². The number of aryl methyl sites for hydroxylation is 1. The molecule has 0 heterocycles. The number of fused-ring (bicyclic) bond motifs is 3. The molecular weight excluding hydrogens is 380 g/mol. The van der Waals surface area contributed by atoms with Crippen LogP contribution in [0, 0.1) is 11.3 Å². The zero-order valence-corrected chi connectivity index (χ0v) is 20.1. The van der Waals surface area contributed by atoms with Crippen molar-refractivity contribution in [2.24, 2.45) is 11.3 Å². The molecule has 2 aliphatic rings. The summed E-state index contributed by atoms with van der Waals surface area (Å²) in [4.78, 5) is 11.3. The monoisotopic (exact) mass is 409 g/mol. The van der Waals surface area contributed by atoms with Gasteiger partial charge in [-0.05, 0) is 65.0 Å². The van der Waals surface area contributed by atoms with Crippen LogP contribution in [0.1, 0.15) is 76.0 Å². The molecule has 0 aromatic heterocycles. The Balaban J connectivity index is 0.00000225. The van der Waals surface area contributed by atoms with Crippen LogP contribution in [0.15, 0.2) is 18.2 Å². The first-order valence-corrected chi connectivity index (χ1v) is 9.81. The molecule has 1 N–H and O–H groups in total. The van der Waals surface area contributed by atoms with Crippen molar-refractivity contribution in [2.75, 3.05) is 6.54 Å². The van der Waals surface area contributed by atoms with Gasteiger partial charge in [-0.2, -0.15) is 0 Å². The maximum Gasteiger partial charge on any atom is 2.00 e. The van der Waals surface area contributed by atoms with Crippen molar-refractivity contribution in [1.82, 2.24) is 5.32 Å². The zero-order valence-electron chi connectivity index (χ0n) is 16.2. The molecule has 2 aliphatic carbocycles. The van der Waals surface area contributed by atoms with Gasteiger partial charge in [-0.15, -0.1) is 0 Å². The average molecular weight is 411 g/mol. The molecule has 3 atom stereocenters. The average Bonchev–Trinajstić information content (AvgIpc) is 2.52. The van der Waals surface area contributed by atoms with Crippen LogP contribution in [0.5, 0.6) is 0 Å². The van der Waals surface area contributed by atoms with Crippen LogP contribution in [0.4, 0.5) is 4.79 Å². The summed E-state index contributed by atoms with van der Waals surface area (Å²) < 4.78 is 0. The summed E-state index contributed by atoms with van der Waals surface area (Å²) in [6, 6.07) is 7.18. The van der Waals surface area contributed by atoms with Gasteiger partial charge in [0.1, 0.15) is 0 Å². The number of rotatable bonds is 3. The predicted octanol–water partition coefficient (Wildman–Crippen LogP) is 5.46. The number of amides is 1. The van der Waals surface area contributed by atoms with Gasteiger partial charge < -0.3 is 5.32 Å². The van der Waals surface area contributed by atoms with Crippen molar-refractivity contribution < 1.29 is 24.3 Å². The van der Waals surface area contributed by atoms with Crippen LogP contribution in [0.3, 0.4) is 0 Å². The van der Waals surface area contributed by atoms with Gasteiger partial charge in [0.2, 0.25) is 0 Å². The standard InChI is InChI=1S/C21H31NOS.Zn/c1-14(2)15-6-8-17-16(12-15)7-9-18-20(3,13-22-19(23)24)10-5-11-21(17,18)4;/h6,8,12,14,18H,5,7,9-11,13H2,1-4H3,(H2,22,23,24);/q;+2. The summed E-state index contributed by atoms with van der Waals surface area (Å²) >= 11 is 3.90. The molecule has 1 aromatic rings. The molecule has 1 aromatic carbocycles. The number of hydrogen-bond acceptors (Lipinski definition) is 1. The van der Waals surface area contributed by atoms with Gasteiger partial charge in [-0.25, -0.2) is 0 Å². The predicted molar refractivity (Wildman–Crippen MR) is 104 cm³/mol. The van der Waals surface area contributed by atoms with E-state index in [0.717, 1.165) is 6.54 Å². The maximum absolute atomic E-state index is 11.3. The number of thiol groups is 1. The van der Waals surface area contributed by atoms with Crippen LogP contribution in [0.2, 0.25) is 0 Å². The third-order valence-electron chi connectivity index (χ3n) is 6.81. The largest absolute Gasteiger partial charge is 2.00 e. The molecular formula is C21H31NOSZn+2. The van der Waals surface area contributed by atoms with Gasteiger partial charge in [0.15, 0.2) is 0 Å². The molecule has 4 heteroatoms. The Kier molecular flexibility index (Phi) is 6.48. The zero-order chi connectivity index (χ0) is 17.5. The summed E-state index contributed by atoms with van der Waals surface area (Å²) in [5.41, 5.74) is 4.97. The second-order valence-corrected chi connectivity index (χ2v) is 9.15. The van der Waals surface area contributed by atoms with Gasteiger partial charge in [-0.1, -0.05) is 64.9 Å². The Morgan fingerprint density at radius 2 is 2.04 bits per heavy atom. The van der Waals surface area contributed by atoms with Crippen molar-refractivity contribution in [2.45, 2.75) is 71.1 Å². The molecule has 0 bridgehead atoms. The summed E-state index contributed by atoms with van der Waals surface area (Å²) in [7, 11) is 0. The molecule has 132 valence electrons. The number of carbonyl (C=O) groups excluding carboxylic acids is 1. The van der Waals surface area contributed by atoms with E-state index in [9.17, 15) is 4.79 Å². The molecule has 2 nitrogen and oxygen atoms in total. The van der Waals surface area contributed by atoms with Crippen LogP contribution >= 0.6 is 12.6 Å². The summed E-state index contributed by atoms with van der Waals surface area (Å²) in [6.45, 7) is 10.1. The number of carbonyl (C=O) groups is 1. The molecule has 25 heavy (non-hydrogen) atoms. The molecule has 3 rings (SSSR count). The fourth-order valence-corrected chi connectivity index (χ4v) is 5.57. The van der Waals surface area contributed by atoms with Gasteiger partial charge in [0.25, 0.3) is 5.24 Å². The second kappa shape index (κ2) is 7.73. The molecule has 1 saturated carbocycles. The van der Waals surface area contributed by atoms with Crippen molar-refractivity contribution in [3.8, 4) is 0 Å². The van der Waals surface area contributed by atoms with E-state index >= 15 is 0 Å². The minimum atomic E-state index is -0.207. The third-order valence-corrected chi connectivity index (χ3v) is 6.97.